The lowest BCUT2D eigenvalue weighted by Gasteiger charge is -2.05. The van der Waals surface area contributed by atoms with Crippen LogP contribution in [0.2, 0.25) is 0 Å². The number of fused-ring (bicyclic) bond motifs is 1. The molecule has 3 nitrogen and oxygen atoms in total. The lowest BCUT2D eigenvalue weighted by Crippen LogP contribution is -2.23. The van der Waals surface area contributed by atoms with Gasteiger partial charge in [0, 0.05) is 17.5 Å². The molecule has 3 heteroatoms. The van der Waals surface area contributed by atoms with Crippen molar-refractivity contribution in [3.8, 4) is 5.75 Å². The second-order valence-electron chi connectivity index (χ2n) is 3.95. The van der Waals surface area contributed by atoms with Crippen molar-refractivity contribution in [2.45, 2.75) is 13.3 Å². The van der Waals surface area contributed by atoms with Crippen LogP contribution in [-0.4, -0.2) is 12.5 Å². The van der Waals surface area contributed by atoms with Crippen LogP contribution in [0.1, 0.15) is 23.7 Å². The van der Waals surface area contributed by atoms with Gasteiger partial charge < -0.3 is 5.32 Å². The molecule has 0 aliphatic carbocycles. The van der Waals surface area contributed by atoms with E-state index in [0.29, 0.717) is 17.5 Å². The monoisotopic (exact) mass is 228 g/mol. The number of nitrogens with one attached hydrogen (secondary N) is 1. The molecule has 0 unspecified atom stereocenters. The number of amides is 1. The standard InChI is InChI=1S/C14H14NO2/c1-2-7-15-14(17)11-8-10-5-3-4-6-12(10)13(16)9-11/h3-6,8-9H,2,7H2,1H3,(H,15,17). The number of carbonyl (C=O) groups is 1. The molecule has 0 aliphatic heterocycles. The Morgan fingerprint density at radius 1 is 1.24 bits per heavy atom. The minimum atomic E-state index is -0.185. The van der Waals surface area contributed by atoms with E-state index in [9.17, 15) is 9.90 Å². The molecule has 0 saturated heterocycles. The summed E-state index contributed by atoms with van der Waals surface area (Å²) in [5.41, 5.74) is 0.433. The molecule has 0 bridgehead atoms. The Morgan fingerprint density at radius 2 is 2.00 bits per heavy atom. The maximum Gasteiger partial charge on any atom is 0.251 e. The topological polar surface area (TPSA) is 49.0 Å². The Labute approximate surface area is 100 Å². The smallest absolute Gasteiger partial charge is 0.251 e. The zero-order chi connectivity index (χ0) is 12.3. The summed E-state index contributed by atoms with van der Waals surface area (Å²) in [7, 11) is 0. The molecule has 87 valence electrons. The number of rotatable bonds is 3. The van der Waals surface area contributed by atoms with Crippen LogP contribution in [0.25, 0.3) is 10.8 Å². The Balaban J connectivity index is 2.39. The largest absolute Gasteiger partial charge is 0.352 e. The van der Waals surface area contributed by atoms with Gasteiger partial charge >= 0.3 is 0 Å². The lowest BCUT2D eigenvalue weighted by molar-refractivity contribution is 0.0953. The van der Waals surface area contributed by atoms with E-state index in [1.807, 2.05) is 25.1 Å². The summed E-state index contributed by atoms with van der Waals surface area (Å²) in [5, 5.41) is 16.0. The highest BCUT2D eigenvalue weighted by molar-refractivity contribution is 6.00. The van der Waals surface area contributed by atoms with Crippen molar-refractivity contribution in [1.29, 1.82) is 0 Å². The van der Waals surface area contributed by atoms with Gasteiger partial charge in [0.2, 0.25) is 0 Å². The van der Waals surface area contributed by atoms with Crippen LogP contribution >= 0.6 is 0 Å². The number of hydrogen-bond donors (Lipinski definition) is 1. The number of benzene rings is 2. The van der Waals surface area contributed by atoms with Crippen molar-refractivity contribution in [1.82, 2.24) is 5.32 Å². The van der Waals surface area contributed by atoms with E-state index in [0.717, 1.165) is 11.8 Å². The van der Waals surface area contributed by atoms with Crippen molar-refractivity contribution in [3.05, 3.63) is 42.0 Å². The molecular formula is C14H14NO2. The third-order valence-corrected chi connectivity index (χ3v) is 2.62. The second-order valence-corrected chi connectivity index (χ2v) is 3.95. The van der Waals surface area contributed by atoms with Gasteiger partial charge in [-0.25, -0.2) is 0 Å². The van der Waals surface area contributed by atoms with Crippen LogP contribution in [0, 0.1) is 0 Å². The molecule has 0 fully saturated rings. The molecule has 0 heterocycles. The summed E-state index contributed by atoms with van der Waals surface area (Å²) in [5.74, 6) is -0.292. The van der Waals surface area contributed by atoms with Crippen LogP contribution in [0.15, 0.2) is 36.4 Å². The Kier molecular flexibility index (Phi) is 3.28. The minimum Gasteiger partial charge on any atom is -0.352 e. The highest BCUT2D eigenvalue weighted by Gasteiger charge is 2.09. The van der Waals surface area contributed by atoms with Crippen molar-refractivity contribution >= 4 is 16.7 Å². The zero-order valence-corrected chi connectivity index (χ0v) is 9.69. The molecule has 2 aromatic carbocycles. The SMILES string of the molecule is CCCNC(=O)c1cc([O])c2ccccc2c1. The van der Waals surface area contributed by atoms with E-state index in [4.69, 9.17) is 0 Å². The minimum absolute atomic E-state index is 0.107. The van der Waals surface area contributed by atoms with E-state index < -0.39 is 0 Å². The van der Waals surface area contributed by atoms with Gasteiger partial charge in [-0.15, -0.1) is 0 Å². The van der Waals surface area contributed by atoms with Crippen LogP contribution in [-0.2, 0) is 5.11 Å². The summed E-state index contributed by atoms with van der Waals surface area (Å²) in [6, 6.07) is 10.4. The number of carbonyl (C=O) groups excluding carboxylic acids is 1. The van der Waals surface area contributed by atoms with Crippen molar-refractivity contribution < 1.29 is 9.90 Å². The molecule has 0 aliphatic rings. The molecule has 0 spiro atoms. The van der Waals surface area contributed by atoms with Gasteiger partial charge in [0.15, 0.2) is 5.75 Å². The van der Waals surface area contributed by atoms with E-state index in [1.54, 1.807) is 12.1 Å². The lowest BCUT2D eigenvalue weighted by atomic mass is 10.1. The zero-order valence-electron chi connectivity index (χ0n) is 9.69. The highest BCUT2D eigenvalue weighted by Crippen LogP contribution is 2.26. The fourth-order valence-corrected chi connectivity index (χ4v) is 1.75. The summed E-state index contributed by atoms with van der Waals surface area (Å²) in [6.45, 7) is 2.61. The van der Waals surface area contributed by atoms with Crippen molar-refractivity contribution in [2.24, 2.45) is 0 Å². The molecule has 17 heavy (non-hydrogen) atoms. The van der Waals surface area contributed by atoms with Crippen LogP contribution < -0.4 is 5.32 Å². The van der Waals surface area contributed by atoms with E-state index >= 15 is 0 Å². The first kappa shape index (κ1) is 11.5. The molecule has 0 saturated carbocycles. The predicted molar refractivity (Wildman–Crippen MR) is 66.7 cm³/mol. The van der Waals surface area contributed by atoms with Crippen molar-refractivity contribution in [2.75, 3.05) is 6.54 Å². The maximum atomic E-state index is 11.8. The summed E-state index contributed by atoms with van der Waals surface area (Å²) < 4.78 is 0. The van der Waals surface area contributed by atoms with Gasteiger partial charge in [-0.2, -0.15) is 0 Å². The predicted octanol–water partition coefficient (Wildman–Crippen LogP) is 3.12. The quantitative estimate of drug-likeness (QED) is 0.862. The highest BCUT2D eigenvalue weighted by atomic mass is 16.3. The van der Waals surface area contributed by atoms with Gasteiger partial charge in [0.25, 0.3) is 5.91 Å². The summed E-state index contributed by atoms with van der Waals surface area (Å²) in [4.78, 5) is 11.7. The molecule has 2 rings (SSSR count). The first-order valence-electron chi connectivity index (χ1n) is 5.70. The molecule has 0 atom stereocenters. The maximum absolute atomic E-state index is 11.8. The van der Waals surface area contributed by atoms with Crippen LogP contribution in [0.3, 0.4) is 0 Å². The Morgan fingerprint density at radius 3 is 2.76 bits per heavy atom. The van der Waals surface area contributed by atoms with Gasteiger partial charge in [0.1, 0.15) is 0 Å². The Hall–Kier alpha value is -2.03. The third kappa shape index (κ3) is 2.38. The van der Waals surface area contributed by atoms with E-state index in [1.165, 1.54) is 6.07 Å². The van der Waals surface area contributed by atoms with Crippen molar-refractivity contribution in [3.63, 3.8) is 0 Å². The second kappa shape index (κ2) is 4.87. The fraction of sp³-hybridized carbons (Fsp3) is 0.214. The third-order valence-electron chi connectivity index (χ3n) is 2.62. The number of hydrogen-bond acceptors (Lipinski definition) is 1. The van der Waals surface area contributed by atoms with E-state index in [2.05, 4.69) is 5.32 Å². The average Bonchev–Trinajstić information content (AvgIpc) is 2.36. The molecule has 1 amide bonds. The van der Waals surface area contributed by atoms with Gasteiger partial charge in [0.05, 0.1) is 0 Å². The first-order chi connectivity index (χ1) is 8.22. The Bertz CT molecular complexity index is 549. The van der Waals surface area contributed by atoms with Gasteiger partial charge in [-0.3, -0.25) is 9.90 Å². The summed E-state index contributed by atoms with van der Waals surface area (Å²) in [6.07, 6.45) is 0.879. The molecule has 1 radical (unpaired) electrons. The average molecular weight is 228 g/mol. The van der Waals surface area contributed by atoms with Crippen LogP contribution in [0.5, 0.6) is 5.75 Å². The van der Waals surface area contributed by atoms with Gasteiger partial charge in [-0.05, 0) is 23.9 Å². The summed E-state index contributed by atoms with van der Waals surface area (Å²) >= 11 is 0. The molecular weight excluding hydrogens is 214 g/mol. The fourth-order valence-electron chi connectivity index (χ4n) is 1.75. The molecule has 0 aromatic heterocycles. The van der Waals surface area contributed by atoms with E-state index in [-0.39, 0.29) is 11.7 Å². The first-order valence-corrected chi connectivity index (χ1v) is 5.70. The van der Waals surface area contributed by atoms with Gasteiger partial charge in [-0.1, -0.05) is 31.2 Å². The normalized spacial score (nSPS) is 10.4. The van der Waals surface area contributed by atoms with Crippen LogP contribution in [0.4, 0.5) is 0 Å². The molecule has 1 N–H and O–H groups in total. The molecule has 2 aromatic rings.